The van der Waals surface area contributed by atoms with Crippen LogP contribution in [0.4, 0.5) is 10.1 Å². The summed E-state index contributed by atoms with van der Waals surface area (Å²) in [6, 6.07) is 6.11. The van der Waals surface area contributed by atoms with E-state index in [-0.39, 0.29) is 17.6 Å². The molecule has 1 amide bonds. The molecule has 0 aliphatic carbocycles. The summed E-state index contributed by atoms with van der Waals surface area (Å²) in [4.78, 5) is 14.1. The van der Waals surface area contributed by atoms with E-state index in [2.05, 4.69) is 5.32 Å². The van der Waals surface area contributed by atoms with E-state index in [0.717, 1.165) is 31.6 Å². The molecule has 1 saturated heterocycles. The molecule has 0 bridgehead atoms. The Balaban J connectivity index is 2.12. The van der Waals surface area contributed by atoms with Crippen LogP contribution in [0.3, 0.4) is 0 Å². The van der Waals surface area contributed by atoms with Crippen LogP contribution in [0, 0.1) is 11.7 Å². The minimum Gasteiger partial charge on any atom is -0.316 e. The first-order chi connectivity index (χ1) is 8.72. The zero-order valence-corrected chi connectivity index (χ0v) is 10.7. The monoisotopic (exact) mass is 250 g/mol. The van der Waals surface area contributed by atoms with Gasteiger partial charge in [0.15, 0.2) is 0 Å². The molecule has 1 atom stereocenters. The summed E-state index contributed by atoms with van der Waals surface area (Å²) >= 11 is 0. The van der Waals surface area contributed by atoms with E-state index in [9.17, 15) is 9.18 Å². The van der Waals surface area contributed by atoms with Gasteiger partial charge in [0.25, 0.3) is 0 Å². The molecular formula is C14H19FN2O. The zero-order valence-electron chi connectivity index (χ0n) is 10.7. The normalized spacial score (nSPS) is 19.6. The maximum Gasteiger partial charge on any atom is 0.231 e. The summed E-state index contributed by atoms with van der Waals surface area (Å²) in [6.07, 6.45) is 1.97. The highest BCUT2D eigenvalue weighted by molar-refractivity contribution is 5.95. The van der Waals surface area contributed by atoms with Crippen molar-refractivity contribution < 1.29 is 9.18 Å². The van der Waals surface area contributed by atoms with Gasteiger partial charge in [-0.1, -0.05) is 0 Å². The van der Waals surface area contributed by atoms with Crippen LogP contribution in [0.1, 0.15) is 19.8 Å². The van der Waals surface area contributed by atoms with Gasteiger partial charge >= 0.3 is 0 Å². The van der Waals surface area contributed by atoms with Crippen molar-refractivity contribution in [1.82, 2.24) is 5.32 Å². The Hall–Kier alpha value is -1.42. The number of halogens is 1. The summed E-state index contributed by atoms with van der Waals surface area (Å²) in [6.45, 7) is 4.29. The highest BCUT2D eigenvalue weighted by Crippen LogP contribution is 2.20. The smallest absolute Gasteiger partial charge is 0.231 e. The number of piperidine rings is 1. The maximum atomic E-state index is 12.9. The third kappa shape index (κ3) is 2.88. The average molecular weight is 250 g/mol. The highest BCUT2D eigenvalue weighted by Gasteiger charge is 2.25. The number of amides is 1. The van der Waals surface area contributed by atoms with Crippen LogP contribution in [0.25, 0.3) is 0 Å². The van der Waals surface area contributed by atoms with Gasteiger partial charge in [-0.2, -0.15) is 0 Å². The van der Waals surface area contributed by atoms with Crippen LogP contribution in [0.5, 0.6) is 0 Å². The molecule has 1 aliphatic rings. The molecule has 18 heavy (non-hydrogen) atoms. The van der Waals surface area contributed by atoms with Gasteiger partial charge < -0.3 is 10.2 Å². The molecule has 1 fully saturated rings. The second kappa shape index (κ2) is 5.96. The summed E-state index contributed by atoms with van der Waals surface area (Å²) in [7, 11) is 0. The Labute approximate surface area is 107 Å². The second-order valence-corrected chi connectivity index (χ2v) is 4.60. The average Bonchev–Trinajstić information content (AvgIpc) is 2.42. The first-order valence-electron chi connectivity index (χ1n) is 6.50. The zero-order chi connectivity index (χ0) is 13.0. The van der Waals surface area contributed by atoms with E-state index in [1.165, 1.54) is 12.1 Å². The lowest BCUT2D eigenvalue weighted by Gasteiger charge is -2.29. The quantitative estimate of drug-likeness (QED) is 0.891. The van der Waals surface area contributed by atoms with Crippen LogP contribution in [-0.4, -0.2) is 25.5 Å². The summed E-state index contributed by atoms with van der Waals surface area (Å²) < 4.78 is 12.9. The van der Waals surface area contributed by atoms with Gasteiger partial charge in [0.2, 0.25) is 5.91 Å². The van der Waals surface area contributed by atoms with Crippen LogP contribution in [-0.2, 0) is 4.79 Å². The Morgan fingerprint density at radius 2 is 2.17 bits per heavy atom. The predicted molar refractivity (Wildman–Crippen MR) is 70.0 cm³/mol. The summed E-state index contributed by atoms with van der Waals surface area (Å²) in [5, 5.41) is 3.25. The van der Waals surface area contributed by atoms with E-state index in [1.807, 2.05) is 6.92 Å². The number of rotatable bonds is 3. The van der Waals surface area contributed by atoms with Gasteiger partial charge in [0.05, 0.1) is 5.92 Å². The Morgan fingerprint density at radius 3 is 2.72 bits per heavy atom. The molecule has 0 radical (unpaired) electrons. The second-order valence-electron chi connectivity index (χ2n) is 4.60. The Kier molecular flexibility index (Phi) is 4.31. The van der Waals surface area contributed by atoms with Crippen LogP contribution in [0.2, 0.25) is 0 Å². The molecule has 0 aromatic heterocycles. The number of nitrogens with one attached hydrogen (secondary N) is 1. The third-order valence-electron chi connectivity index (χ3n) is 3.37. The van der Waals surface area contributed by atoms with Crippen molar-refractivity contribution in [3.8, 4) is 0 Å². The Morgan fingerprint density at radius 1 is 1.44 bits per heavy atom. The molecule has 1 aromatic rings. The number of carbonyl (C=O) groups excluding carboxylic acids is 1. The lowest BCUT2D eigenvalue weighted by molar-refractivity contribution is -0.122. The standard InChI is InChI=1S/C14H19FN2O/c1-2-17(13-7-5-12(15)6-8-13)14(18)11-4-3-9-16-10-11/h5-8,11,16H,2-4,9-10H2,1H3/t11-/m1/s1. The van der Waals surface area contributed by atoms with E-state index < -0.39 is 0 Å². The first-order valence-corrected chi connectivity index (χ1v) is 6.50. The van der Waals surface area contributed by atoms with Crippen molar-refractivity contribution in [3.63, 3.8) is 0 Å². The van der Waals surface area contributed by atoms with Crippen LogP contribution >= 0.6 is 0 Å². The Bertz CT molecular complexity index is 399. The van der Waals surface area contributed by atoms with Crippen molar-refractivity contribution in [3.05, 3.63) is 30.1 Å². The van der Waals surface area contributed by atoms with Crippen molar-refractivity contribution >= 4 is 11.6 Å². The topological polar surface area (TPSA) is 32.3 Å². The lowest BCUT2D eigenvalue weighted by atomic mass is 9.98. The molecule has 0 unspecified atom stereocenters. The molecule has 98 valence electrons. The van der Waals surface area contributed by atoms with Gasteiger partial charge in [0.1, 0.15) is 5.82 Å². The fourth-order valence-electron chi connectivity index (χ4n) is 2.37. The molecular weight excluding hydrogens is 231 g/mol. The van der Waals surface area contributed by atoms with Gasteiger partial charge in [-0.15, -0.1) is 0 Å². The minimum atomic E-state index is -0.276. The van der Waals surface area contributed by atoms with Crippen LogP contribution < -0.4 is 10.2 Å². The predicted octanol–water partition coefficient (Wildman–Crippen LogP) is 2.18. The van der Waals surface area contributed by atoms with Crippen molar-refractivity contribution in [1.29, 1.82) is 0 Å². The number of carbonyl (C=O) groups is 1. The molecule has 1 N–H and O–H groups in total. The number of hydrogen-bond acceptors (Lipinski definition) is 2. The lowest BCUT2D eigenvalue weighted by Crippen LogP contribution is -2.43. The first kappa shape index (κ1) is 13.0. The van der Waals surface area contributed by atoms with Gasteiger partial charge in [-0.25, -0.2) is 4.39 Å². The largest absolute Gasteiger partial charge is 0.316 e. The summed E-state index contributed by atoms with van der Waals surface area (Å²) in [5.41, 5.74) is 0.773. The van der Waals surface area contributed by atoms with Gasteiger partial charge in [0, 0.05) is 18.8 Å². The number of hydrogen-bond donors (Lipinski definition) is 1. The van der Waals surface area contributed by atoms with E-state index in [0.29, 0.717) is 6.54 Å². The minimum absolute atomic E-state index is 0.0451. The third-order valence-corrected chi connectivity index (χ3v) is 3.37. The van der Waals surface area contributed by atoms with Gasteiger partial charge in [-0.3, -0.25) is 4.79 Å². The molecule has 0 saturated carbocycles. The van der Waals surface area contributed by atoms with E-state index in [1.54, 1.807) is 17.0 Å². The molecule has 2 rings (SSSR count). The van der Waals surface area contributed by atoms with E-state index in [4.69, 9.17) is 0 Å². The molecule has 1 heterocycles. The molecule has 1 aliphatic heterocycles. The van der Waals surface area contributed by atoms with Crippen molar-refractivity contribution in [2.75, 3.05) is 24.5 Å². The maximum absolute atomic E-state index is 12.9. The molecule has 1 aromatic carbocycles. The van der Waals surface area contributed by atoms with Gasteiger partial charge in [-0.05, 0) is 50.6 Å². The van der Waals surface area contributed by atoms with Crippen LogP contribution in [0.15, 0.2) is 24.3 Å². The molecule has 3 nitrogen and oxygen atoms in total. The number of anilines is 1. The van der Waals surface area contributed by atoms with Crippen molar-refractivity contribution in [2.45, 2.75) is 19.8 Å². The summed E-state index contributed by atoms with van der Waals surface area (Å²) in [5.74, 6) is -0.0957. The molecule has 0 spiro atoms. The fourth-order valence-corrected chi connectivity index (χ4v) is 2.37. The highest BCUT2D eigenvalue weighted by atomic mass is 19.1. The van der Waals surface area contributed by atoms with E-state index >= 15 is 0 Å². The SMILES string of the molecule is CCN(C(=O)[C@@H]1CCCNC1)c1ccc(F)cc1. The fraction of sp³-hybridized carbons (Fsp3) is 0.500. The number of nitrogens with zero attached hydrogens (tertiary/aromatic N) is 1. The molecule has 4 heteroatoms. The number of benzene rings is 1. The van der Waals surface area contributed by atoms with Crippen molar-refractivity contribution in [2.24, 2.45) is 5.92 Å².